The summed E-state index contributed by atoms with van der Waals surface area (Å²) >= 11 is 0. The van der Waals surface area contributed by atoms with Gasteiger partial charge in [0, 0.05) is 11.9 Å². The van der Waals surface area contributed by atoms with Crippen LogP contribution in [0.1, 0.15) is 40.5 Å². The van der Waals surface area contributed by atoms with Gasteiger partial charge in [-0.25, -0.2) is 0 Å². The van der Waals surface area contributed by atoms with Crippen LogP contribution in [0.4, 0.5) is 5.69 Å². The molecule has 0 saturated heterocycles. The standard InChI is InChI=1S/C21H21N3O4/c1-2-3-12-24-16-11-7-5-9-14(16)18(25)17(21(24)28)20(27)23-15-10-6-4-8-13(15)19(22)26/h4-11,25H,2-3,12H2,1H3,(H2,22,26)(H,23,27). The van der Waals surface area contributed by atoms with E-state index in [0.717, 1.165) is 12.8 Å². The van der Waals surface area contributed by atoms with Crippen LogP contribution in [-0.4, -0.2) is 21.5 Å². The molecule has 0 radical (unpaired) electrons. The molecule has 7 nitrogen and oxygen atoms in total. The molecule has 0 fully saturated rings. The number of carbonyl (C=O) groups is 2. The summed E-state index contributed by atoms with van der Waals surface area (Å²) in [6.45, 7) is 2.43. The number of pyridine rings is 1. The molecule has 2 amide bonds. The van der Waals surface area contributed by atoms with E-state index >= 15 is 0 Å². The fraction of sp³-hybridized carbons (Fsp3) is 0.190. The molecule has 3 aromatic rings. The van der Waals surface area contributed by atoms with Crippen LogP contribution in [0.15, 0.2) is 53.3 Å². The van der Waals surface area contributed by atoms with Crippen molar-refractivity contribution in [2.75, 3.05) is 5.32 Å². The van der Waals surface area contributed by atoms with Gasteiger partial charge in [-0.15, -0.1) is 0 Å². The van der Waals surface area contributed by atoms with E-state index in [9.17, 15) is 19.5 Å². The third kappa shape index (κ3) is 3.46. The molecule has 3 rings (SSSR count). The van der Waals surface area contributed by atoms with E-state index in [1.165, 1.54) is 16.7 Å². The number of nitrogens with one attached hydrogen (secondary N) is 1. The maximum absolute atomic E-state index is 13.0. The second-order valence-electron chi connectivity index (χ2n) is 6.42. The maximum atomic E-state index is 13.0. The average Bonchev–Trinajstić information content (AvgIpc) is 2.68. The highest BCUT2D eigenvalue weighted by molar-refractivity contribution is 6.11. The number of aromatic nitrogens is 1. The van der Waals surface area contributed by atoms with Crippen LogP contribution in [0.2, 0.25) is 0 Å². The molecule has 2 aromatic carbocycles. The summed E-state index contributed by atoms with van der Waals surface area (Å²) in [5, 5.41) is 13.6. The Morgan fingerprint density at radius 2 is 1.79 bits per heavy atom. The van der Waals surface area contributed by atoms with E-state index in [0.29, 0.717) is 17.4 Å². The predicted molar refractivity (Wildman–Crippen MR) is 108 cm³/mol. The third-order valence-electron chi connectivity index (χ3n) is 4.55. The van der Waals surface area contributed by atoms with Crippen molar-refractivity contribution in [2.24, 2.45) is 5.73 Å². The molecular weight excluding hydrogens is 358 g/mol. The van der Waals surface area contributed by atoms with Crippen LogP contribution in [0, 0.1) is 0 Å². The monoisotopic (exact) mass is 379 g/mol. The molecule has 28 heavy (non-hydrogen) atoms. The van der Waals surface area contributed by atoms with Crippen LogP contribution < -0.4 is 16.6 Å². The number of aryl methyl sites for hydroxylation is 1. The van der Waals surface area contributed by atoms with Crippen molar-refractivity contribution in [1.29, 1.82) is 0 Å². The number of unbranched alkanes of at least 4 members (excludes halogenated alkanes) is 1. The Bertz CT molecular complexity index is 1120. The Labute approximate surface area is 161 Å². The lowest BCUT2D eigenvalue weighted by molar-refractivity contribution is 0.100. The number of primary amides is 1. The quantitative estimate of drug-likeness (QED) is 0.611. The lowest BCUT2D eigenvalue weighted by atomic mass is 10.1. The van der Waals surface area contributed by atoms with E-state index in [2.05, 4.69) is 5.32 Å². The average molecular weight is 379 g/mol. The summed E-state index contributed by atoms with van der Waals surface area (Å²) < 4.78 is 1.49. The topological polar surface area (TPSA) is 114 Å². The van der Waals surface area contributed by atoms with Crippen LogP contribution in [0.5, 0.6) is 5.75 Å². The fourth-order valence-corrected chi connectivity index (χ4v) is 3.12. The number of hydrogen-bond donors (Lipinski definition) is 3. The van der Waals surface area contributed by atoms with Gasteiger partial charge >= 0.3 is 0 Å². The first-order valence-electron chi connectivity index (χ1n) is 9.00. The Balaban J connectivity index is 2.14. The molecule has 0 aliphatic carbocycles. The van der Waals surface area contributed by atoms with E-state index in [4.69, 9.17) is 5.73 Å². The van der Waals surface area contributed by atoms with Crippen molar-refractivity contribution in [3.63, 3.8) is 0 Å². The molecule has 1 heterocycles. The Morgan fingerprint density at radius 3 is 2.50 bits per heavy atom. The van der Waals surface area contributed by atoms with Crippen LogP contribution >= 0.6 is 0 Å². The maximum Gasteiger partial charge on any atom is 0.267 e. The number of fused-ring (bicyclic) bond motifs is 1. The number of anilines is 1. The Hall–Kier alpha value is -3.61. The number of nitrogens with two attached hydrogens (primary N) is 1. The summed E-state index contributed by atoms with van der Waals surface area (Å²) in [5.41, 5.74) is 5.23. The van der Waals surface area contributed by atoms with E-state index in [1.807, 2.05) is 6.92 Å². The molecule has 144 valence electrons. The smallest absolute Gasteiger partial charge is 0.267 e. The van der Waals surface area contributed by atoms with Gasteiger partial charge in [0.1, 0.15) is 11.3 Å². The van der Waals surface area contributed by atoms with Gasteiger partial charge in [0.15, 0.2) is 0 Å². The zero-order valence-electron chi connectivity index (χ0n) is 15.4. The minimum Gasteiger partial charge on any atom is -0.506 e. The zero-order chi connectivity index (χ0) is 20.3. The van der Waals surface area contributed by atoms with Crippen LogP contribution in [0.25, 0.3) is 10.9 Å². The largest absolute Gasteiger partial charge is 0.506 e. The number of carbonyl (C=O) groups excluding carboxylic acids is 2. The number of benzene rings is 2. The molecule has 0 spiro atoms. The normalized spacial score (nSPS) is 10.8. The minimum atomic E-state index is -0.799. The number of para-hydroxylation sites is 2. The van der Waals surface area contributed by atoms with Crippen LogP contribution in [-0.2, 0) is 6.54 Å². The number of amides is 2. The number of rotatable bonds is 6. The second-order valence-corrected chi connectivity index (χ2v) is 6.42. The van der Waals surface area contributed by atoms with Gasteiger partial charge < -0.3 is 20.7 Å². The summed E-state index contributed by atoms with van der Waals surface area (Å²) in [6.07, 6.45) is 1.62. The molecular formula is C21H21N3O4. The second kappa shape index (κ2) is 7.96. The molecule has 0 aliphatic rings. The highest BCUT2D eigenvalue weighted by Crippen LogP contribution is 2.27. The van der Waals surface area contributed by atoms with Gasteiger partial charge in [-0.2, -0.15) is 0 Å². The number of aromatic hydroxyl groups is 1. The Kier molecular flexibility index (Phi) is 5.44. The first-order valence-corrected chi connectivity index (χ1v) is 9.00. The summed E-state index contributed by atoms with van der Waals surface area (Å²) in [5.74, 6) is -1.89. The summed E-state index contributed by atoms with van der Waals surface area (Å²) in [7, 11) is 0. The van der Waals surface area contributed by atoms with Gasteiger partial charge in [-0.1, -0.05) is 37.6 Å². The SMILES string of the molecule is CCCCn1c(=O)c(C(=O)Nc2ccccc2C(N)=O)c(O)c2ccccc21. The van der Waals surface area contributed by atoms with Crippen molar-refractivity contribution in [1.82, 2.24) is 4.57 Å². The van der Waals surface area contributed by atoms with Crippen molar-refractivity contribution in [3.8, 4) is 5.75 Å². The molecule has 0 aliphatic heterocycles. The van der Waals surface area contributed by atoms with Gasteiger partial charge in [-0.3, -0.25) is 14.4 Å². The van der Waals surface area contributed by atoms with Crippen LogP contribution in [0.3, 0.4) is 0 Å². The Morgan fingerprint density at radius 1 is 1.11 bits per heavy atom. The van der Waals surface area contributed by atoms with Crippen molar-refractivity contribution >= 4 is 28.4 Å². The van der Waals surface area contributed by atoms with E-state index in [-0.39, 0.29) is 22.6 Å². The molecule has 0 saturated carbocycles. The molecule has 0 atom stereocenters. The van der Waals surface area contributed by atoms with E-state index < -0.39 is 17.4 Å². The molecule has 4 N–H and O–H groups in total. The van der Waals surface area contributed by atoms with Crippen molar-refractivity contribution in [3.05, 3.63) is 70.0 Å². The zero-order valence-corrected chi connectivity index (χ0v) is 15.4. The lowest BCUT2D eigenvalue weighted by Gasteiger charge is -2.15. The number of hydrogen-bond acceptors (Lipinski definition) is 4. The predicted octanol–water partition coefficient (Wildman–Crippen LogP) is 2.86. The molecule has 0 bridgehead atoms. The van der Waals surface area contributed by atoms with Gasteiger partial charge in [0.25, 0.3) is 17.4 Å². The molecule has 7 heteroatoms. The van der Waals surface area contributed by atoms with E-state index in [1.54, 1.807) is 36.4 Å². The minimum absolute atomic E-state index is 0.113. The van der Waals surface area contributed by atoms with Gasteiger partial charge in [-0.05, 0) is 30.7 Å². The fourth-order valence-electron chi connectivity index (χ4n) is 3.12. The van der Waals surface area contributed by atoms with Crippen molar-refractivity contribution in [2.45, 2.75) is 26.3 Å². The lowest BCUT2D eigenvalue weighted by Crippen LogP contribution is -2.30. The summed E-state index contributed by atoms with van der Waals surface area (Å²) in [4.78, 5) is 37.5. The third-order valence-corrected chi connectivity index (χ3v) is 4.55. The number of nitrogens with zero attached hydrogens (tertiary/aromatic N) is 1. The summed E-state index contributed by atoms with van der Waals surface area (Å²) in [6, 6.07) is 13.1. The highest BCUT2D eigenvalue weighted by Gasteiger charge is 2.23. The first kappa shape index (κ1) is 19.2. The van der Waals surface area contributed by atoms with Crippen molar-refractivity contribution < 1.29 is 14.7 Å². The first-order chi connectivity index (χ1) is 13.5. The molecule has 1 aromatic heterocycles. The van der Waals surface area contributed by atoms with Gasteiger partial charge in [0.2, 0.25) is 0 Å². The van der Waals surface area contributed by atoms with Gasteiger partial charge in [0.05, 0.1) is 16.8 Å². The molecule has 0 unspecified atom stereocenters. The highest BCUT2D eigenvalue weighted by atomic mass is 16.3.